The van der Waals surface area contributed by atoms with Crippen molar-refractivity contribution >= 4 is 45.0 Å². The molecule has 2 aromatic rings. The number of aryl methyl sites for hydroxylation is 1. The van der Waals surface area contributed by atoms with Gasteiger partial charge in [0.15, 0.2) is 0 Å². The third-order valence-corrected chi connectivity index (χ3v) is 6.65. The summed E-state index contributed by atoms with van der Waals surface area (Å²) in [6.07, 6.45) is 1.87. The smallest absolute Gasteiger partial charge is 0.240 e. The average molecular weight is 441 g/mol. The van der Waals surface area contributed by atoms with E-state index in [4.69, 9.17) is 11.6 Å². The Bertz CT molecular complexity index is 904. The number of halogens is 1. The van der Waals surface area contributed by atoms with Crippen LogP contribution in [0.25, 0.3) is 0 Å². The van der Waals surface area contributed by atoms with Crippen molar-refractivity contribution in [3.05, 3.63) is 64.7 Å². The van der Waals surface area contributed by atoms with Gasteiger partial charge in [0.25, 0.3) is 0 Å². The average Bonchev–Trinajstić information content (AvgIpc) is 2.64. The van der Waals surface area contributed by atoms with Gasteiger partial charge in [0.05, 0.1) is 17.0 Å². The molecule has 152 valence electrons. The quantitative estimate of drug-likeness (QED) is 0.570. The van der Waals surface area contributed by atoms with Crippen molar-refractivity contribution in [1.29, 1.82) is 0 Å². The predicted molar refractivity (Wildman–Crippen MR) is 119 cm³/mol. The lowest BCUT2D eigenvalue weighted by Gasteiger charge is -2.22. The lowest BCUT2D eigenvalue weighted by molar-refractivity contribution is -0.119. The molecular weight excluding hydrogens is 416 g/mol. The zero-order valence-electron chi connectivity index (χ0n) is 16.0. The molecule has 0 aliphatic heterocycles. The highest BCUT2D eigenvalue weighted by Crippen LogP contribution is 2.26. The molecule has 0 saturated carbocycles. The van der Waals surface area contributed by atoms with Crippen molar-refractivity contribution < 1.29 is 13.2 Å². The number of hydrogen-bond donors (Lipinski definition) is 1. The summed E-state index contributed by atoms with van der Waals surface area (Å²) in [6.45, 7) is 2.31. The van der Waals surface area contributed by atoms with Gasteiger partial charge in [-0.2, -0.15) is 11.8 Å². The maximum absolute atomic E-state index is 12.2. The predicted octanol–water partition coefficient (Wildman–Crippen LogP) is 3.85. The van der Waals surface area contributed by atoms with Gasteiger partial charge in [0.1, 0.15) is 6.54 Å². The molecule has 0 spiro atoms. The molecular formula is C20H25ClN2O3S2. The Morgan fingerprint density at radius 1 is 1.14 bits per heavy atom. The highest BCUT2D eigenvalue weighted by atomic mass is 35.5. The van der Waals surface area contributed by atoms with Crippen LogP contribution in [0.3, 0.4) is 0 Å². The van der Waals surface area contributed by atoms with Crippen molar-refractivity contribution in [1.82, 2.24) is 5.32 Å². The van der Waals surface area contributed by atoms with E-state index in [0.717, 1.165) is 28.5 Å². The van der Waals surface area contributed by atoms with Gasteiger partial charge >= 0.3 is 0 Å². The van der Waals surface area contributed by atoms with Crippen molar-refractivity contribution in [2.75, 3.05) is 29.4 Å². The second kappa shape index (κ2) is 10.7. The maximum atomic E-state index is 12.2. The van der Waals surface area contributed by atoms with Crippen LogP contribution in [0.4, 0.5) is 5.69 Å². The van der Waals surface area contributed by atoms with Gasteiger partial charge in [-0.25, -0.2) is 8.42 Å². The molecule has 0 fully saturated rings. The first-order chi connectivity index (χ1) is 13.3. The Hall–Kier alpha value is -1.70. The SMILES string of the molecule is Cc1ccccc1CSCCCNC(=O)CN(c1ccccc1Cl)S(C)(=O)=O. The summed E-state index contributed by atoms with van der Waals surface area (Å²) in [5.74, 6) is 1.50. The van der Waals surface area contributed by atoms with Crippen LogP contribution in [0.15, 0.2) is 48.5 Å². The molecule has 0 unspecified atom stereocenters. The van der Waals surface area contributed by atoms with E-state index in [0.29, 0.717) is 12.2 Å². The van der Waals surface area contributed by atoms with Gasteiger partial charge < -0.3 is 5.32 Å². The number of nitrogens with zero attached hydrogens (tertiary/aromatic N) is 1. The summed E-state index contributed by atoms with van der Waals surface area (Å²) in [7, 11) is -3.63. The van der Waals surface area contributed by atoms with Crippen molar-refractivity contribution in [3.8, 4) is 0 Å². The van der Waals surface area contributed by atoms with E-state index in [9.17, 15) is 13.2 Å². The van der Waals surface area contributed by atoms with Crippen molar-refractivity contribution in [2.24, 2.45) is 0 Å². The minimum Gasteiger partial charge on any atom is -0.354 e. The Morgan fingerprint density at radius 3 is 2.50 bits per heavy atom. The van der Waals surface area contributed by atoms with Gasteiger partial charge in [-0.05, 0) is 42.4 Å². The van der Waals surface area contributed by atoms with Gasteiger partial charge in [0, 0.05) is 12.3 Å². The van der Waals surface area contributed by atoms with Gasteiger partial charge in [0.2, 0.25) is 15.9 Å². The van der Waals surface area contributed by atoms with Crippen LogP contribution < -0.4 is 9.62 Å². The molecule has 1 amide bonds. The summed E-state index contributed by atoms with van der Waals surface area (Å²) in [5.41, 5.74) is 2.90. The number of carbonyl (C=O) groups is 1. The number of benzene rings is 2. The van der Waals surface area contributed by atoms with Gasteiger partial charge in [-0.1, -0.05) is 48.0 Å². The van der Waals surface area contributed by atoms with E-state index >= 15 is 0 Å². The van der Waals surface area contributed by atoms with Crippen LogP contribution in [0.1, 0.15) is 17.5 Å². The van der Waals surface area contributed by atoms with Crippen LogP contribution in [-0.2, 0) is 20.6 Å². The second-order valence-corrected chi connectivity index (χ2v) is 9.82. The zero-order chi connectivity index (χ0) is 20.6. The van der Waals surface area contributed by atoms with Crippen LogP contribution in [-0.4, -0.2) is 39.4 Å². The van der Waals surface area contributed by atoms with Gasteiger partial charge in [-0.15, -0.1) is 0 Å². The first-order valence-corrected chi connectivity index (χ1v) is 12.3. The first-order valence-electron chi connectivity index (χ1n) is 8.90. The minimum absolute atomic E-state index is 0.285. The number of thioether (sulfide) groups is 1. The molecule has 1 N–H and O–H groups in total. The molecule has 0 aliphatic rings. The Balaban J connectivity index is 1.77. The summed E-state index contributed by atoms with van der Waals surface area (Å²) in [5, 5.41) is 3.07. The number of sulfonamides is 1. The monoisotopic (exact) mass is 440 g/mol. The van der Waals surface area contributed by atoms with E-state index < -0.39 is 10.0 Å². The van der Waals surface area contributed by atoms with Crippen LogP contribution in [0.5, 0.6) is 0 Å². The number of amides is 1. The number of rotatable bonds is 10. The summed E-state index contributed by atoms with van der Waals surface area (Å²) >= 11 is 7.91. The third-order valence-electron chi connectivity index (χ3n) is 4.12. The van der Waals surface area contributed by atoms with Gasteiger partial charge in [-0.3, -0.25) is 9.10 Å². The Morgan fingerprint density at radius 2 is 1.82 bits per heavy atom. The second-order valence-electron chi connectivity index (χ2n) is 6.40. The lowest BCUT2D eigenvalue weighted by atomic mass is 10.1. The lowest BCUT2D eigenvalue weighted by Crippen LogP contribution is -2.40. The van der Waals surface area contributed by atoms with Crippen LogP contribution in [0, 0.1) is 6.92 Å². The molecule has 2 aromatic carbocycles. The number of carbonyl (C=O) groups excluding carboxylic acids is 1. The topological polar surface area (TPSA) is 66.5 Å². The summed E-state index contributed by atoms with van der Waals surface area (Å²) in [4.78, 5) is 12.2. The van der Waals surface area contributed by atoms with E-state index in [1.807, 2.05) is 23.9 Å². The van der Waals surface area contributed by atoms with E-state index in [1.54, 1.807) is 24.3 Å². The molecule has 0 radical (unpaired) electrons. The van der Waals surface area contributed by atoms with Crippen molar-refractivity contribution in [3.63, 3.8) is 0 Å². The fraction of sp³-hybridized carbons (Fsp3) is 0.350. The number of para-hydroxylation sites is 1. The molecule has 5 nitrogen and oxygen atoms in total. The highest BCUT2D eigenvalue weighted by molar-refractivity contribution is 7.98. The summed E-state index contributed by atoms with van der Waals surface area (Å²) < 4.78 is 25.2. The molecule has 0 aromatic heterocycles. The van der Waals surface area contributed by atoms with E-state index in [2.05, 4.69) is 24.4 Å². The molecule has 28 heavy (non-hydrogen) atoms. The standard InChI is InChI=1S/C20H25ClN2O3S2/c1-16-8-3-4-9-17(16)15-27-13-7-12-22-20(24)14-23(28(2,25)26)19-11-6-5-10-18(19)21/h3-6,8-11H,7,12-15H2,1-2H3,(H,22,24). The number of nitrogens with one attached hydrogen (secondary N) is 1. The fourth-order valence-corrected chi connectivity index (χ4v) is 4.77. The Kier molecular flexibility index (Phi) is 8.66. The number of anilines is 1. The molecule has 8 heteroatoms. The minimum atomic E-state index is -3.63. The van der Waals surface area contributed by atoms with Crippen LogP contribution in [0.2, 0.25) is 5.02 Å². The Labute approximate surface area is 176 Å². The van der Waals surface area contributed by atoms with Crippen LogP contribution >= 0.6 is 23.4 Å². The molecule has 0 heterocycles. The first kappa shape index (κ1) is 22.6. The maximum Gasteiger partial charge on any atom is 0.240 e. The van der Waals surface area contributed by atoms with E-state index in [-0.39, 0.29) is 17.5 Å². The highest BCUT2D eigenvalue weighted by Gasteiger charge is 2.22. The molecule has 0 bridgehead atoms. The summed E-state index contributed by atoms with van der Waals surface area (Å²) in [6, 6.07) is 14.9. The largest absolute Gasteiger partial charge is 0.354 e. The van der Waals surface area contributed by atoms with Crippen molar-refractivity contribution in [2.45, 2.75) is 19.1 Å². The normalized spacial score (nSPS) is 11.2. The third kappa shape index (κ3) is 7.04. The molecule has 0 aliphatic carbocycles. The molecule has 0 atom stereocenters. The number of hydrogen-bond acceptors (Lipinski definition) is 4. The molecule has 0 saturated heterocycles. The fourth-order valence-electron chi connectivity index (χ4n) is 2.58. The molecule has 2 rings (SSSR count). The van der Waals surface area contributed by atoms with E-state index in [1.165, 1.54) is 11.1 Å². The zero-order valence-corrected chi connectivity index (χ0v) is 18.4.